The van der Waals surface area contributed by atoms with Crippen LogP contribution in [-0.2, 0) is 6.54 Å². The highest BCUT2D eigenvalue weighted by Gasteiger charge is 2.07. The fourth-order valence-electron chi connectivity index (χ4n) is 1.65. The first-order chi connectivity index (χ1) is 9.15. The van der Waals surface area contributed by atoms with Crippen LogP contribution >= 0.6 is 11.8 Å². The van der Waals surface area contributed by atoms with Crippen LogP contribution in [-0.4, -0.2) is 16.5 Å². The molecule has 0 saturated carbocycles. The molecule has 19 heavy (non-hydrogen) atoms. The molecular weight excluding hydrogens is 261 g/mol. The van der Waals surface area contributed by atoms with Gasteiger partial charge in [0.1, 0.15) is 5.82 Å². The van der Waals surface area contributed by atoms with Crippen molar-refractivity contribution in [3.8, 4) is 0 Å². The molecule has 0 aliphatic rings. The first-order valence-corrected chi connectivity index (χ1v) is 7.13. The van der Waals surface area contributed by atoms with Gasteiger partial charge in [-0.15, -0.1) is 0 Å². The molecule has 3 nitrogen and oxygen atoms in total. The summed E-state index contributed by atoms with van der Waals surface area (Å²) in [6, 6.07) is 5.33. The molecule has 0 atom stereocenters. The zero-order chi connectivity index (χ0) is 13.7. The molecule has 2 aromatic rings. The number of nitrogens with one attached hydrogen (secondary N) is 2. The van der Waals surface area contributed by atoms with Crippen molar-refractivity contribution in [2.75, 3.05) is 6.54 Å². The van der Waals surface area contributed by atoms with Gasteiger partial charge < -0.3 is 10.3 Å². The highest BCUT2D eigenvalue weighted by Crippen LogP contribution is 2.27. The lowest BCUT2D eigenvalue weighted by Crippen LogP contribution is -2.18. The van der Waals surface area contributed by atoms with Crippen LogP contribution in [0.25, 0.3) is 0 Å². The Labute approximate surface area is 117 Å². The van der Waals surface area contributed by atoms with E-state index in [0.29, 0.717) is 22.5 Å². The van der Waals surface area contributed by atoms with Gasteiger partial charge in [-0.2, -0.15) is 0 Å². The second kappa shape index (κ2) is 6.73. The number of halogens is 1. The van der Waals surface area contributed by atoms with E-state index in [9.17, 15) is 4.39 Å². The third-order valence-corrected chi connectivity index (χ3v) is 3.53. The second-order valence-electron chi connectivity index (χ2n) is 4.79. The highest BCUT2D eigenvalue weighted by molar-refractivity contribution is 7.99. The average molecular weight is 279 g/mol. The first kappa shape index (κ1) is 14.1. The Bertz CT molecular complexity index is 511. The Hall–Kier alpha value is -1.33. The third kappa shape index (κ3) is 4.36. The average Bonchev–Trinajstić information content (AvgIpc) is 2.85. The van der Waals surface area contributed by atoms with Gasteiger partial charge >= 0.3 is 0 Å². The van der Waals surface area contributed by atoms with Crippen molar-refractivity contribution in [1.29, 1.82) is 0 Å². The number of aromatic amines is 1. The van der Waals surface area contributed by atoms with E-state index >= 15 is 0 Å². The number of rotatable bonds is 6. The molecule has 1 aromatic heterocycles. The summed E-state index contributed by atoms with van der Waals surface area (Å²) in [6.07, 6.45) is 3.38. The molecule has 5 heteroatoms. The lowest BCUT2D eigenvalue weighted by Gasteiger charge is -2.08. The van der Waals surface area contributed by atoms with E-state index in [-0.39, 0.29) is 5.82 Å². The van der Waals surface area contributed by atoms with E-state index < -0.39 is 0 Å². The van der Waals surface area contributed by atoms with Crippen LogP contribution in [0.1, 0.15) is 19.4 Å². The van der Waals surface area contributed by atoms with Crippen molar-refractivity contribution in [2.24, 2.45) is 5.92 Å². The van der Waals surface area contributed by atoms with Gasteiger partial charge in [-0.25, -0.2) is 9.37 Å². The summed E-state index contributed by atoms with van der Waals surface area (Å²) in [5, 5.41) is 4.00. The van der Waals surface area contributed by atoms with Gasteiger partial charge in [-0.05, 0) is 41.9 Å². The lowest BCUT2D eigenvalue weighted by atomic mass is 10.2. The van der Waals surface area contributed by atoms with Crippen LogP contribution in [0, 0.1) is 11.7 Å². The van der Waals surface area contributed by atoms with Gasteiger partial charge in [0.05, 0.1) is 4.90 Å². The zero-order valence-electron chi connectivity index (χ0n) is 11.1. The second-order valence-corrected chi connectivity index (χ2v) is 5.82. The fraction of sp³-hybridized carbons (Fsp3) is 0.357. The van der Waals surface area contributed by atoms with Gasteiger partial charge in [-0.1, -0.05) is 19.9 Å². The zero-order valence-corrected chi connectivity index (χ0v) is 11.9. The number of imidazole rings is 1. The molecule has 0 bridgehead atoms. The van der Waals surface area contributed by atoms with E-state index in [1.165, 1.54) is 11.8 Å². The summed E-state index contributed by atoms with van der Waals surface area (Å²) in [7, 11) is 0. The molecule has 0 fully saturated rings. The van der Waals surface area contributed by atoms with Crippen LogP contribution < -0.4 is 5.32 Å². The molecule has 0 spiro atoms. The van der Waals surface area contributed by atoms with E-state index in [1.54, 1.807) is 24.5 Å². The Balaban J connectivity index is 1.97. The Morgan fingerprint density at radius 1 is 1.42 bits per heavy atom. The quantitative estimate of drug-likeness (QED) is 0.851. The van der Waals surface area contributed by atoms with Crippen molar-refractivity contribution in [1.82, 2.24) is 15.3 Å². The predicted molar refractivity (Wildman–Crippen MR) is 75.7 cm³/mol. The van der Waals surface area contributed by atoms with E-state index in [0.717, 1.165) is 12.1 Å². The molecule has 1 heterocycles. The van der Waals surface area contributed by atoms with Gasteiger partial charge in [0.15, 0.2) is 5.16 Å². The molecule has 0 radical (unpaired) electrons. The summed E-state index contributed by atoms with van der Waals surface area (Å²) >= 11 is 1.30. The Morgan fingerprint density at radius 3 is 2.89 bits per heavy atom. The van der Waals surface area contributed by atoms with Crippen LogP contribution in [0.15, 0.2) is 40.6 Å². The maximum atomic E-state index is 13.9. The minimum atomic E-state index is -0.203. The summed E-state index contributed by atoms with van der Waals surface area (Å²) in [5.41, 5.74) is 0.960. The van der Waals surface area contributed by atoms with Crippen molar-refractivity contribution in [3.05, 3.63) is 42.0 Å². The predicted octanol–water partition coefficient (Wildman–Crippen LogP) is 3.45. The summed E-state index contributed by atoms with van der Waals surface area (Å²) < 4.78 is 13.9. The maximum absolute atomic E-state index is 13.9. The molecule has 1 aromatic carbocycles. The van der Waals surface area contributed by atoms with Gasteiger partial charge in [-0.3, -0.25) is 0 Å². The minimum absolute atomic E-state index is 0.203. The standard InChI is InChI=1S/C14H18FN3S/c1-10(2)8-16-9-11-3-4-13(12(15)7-11)19-14-17-5-6-18-14/h3-7,10,16H,8-9H2,1-2H3,(H,17,18). The maximum Gasteiger partial charge on any atom is 0.170 e. The number of aromatic nitrogens is 2. The van der Waals surface area contributed by atoms with Gasteiger partial charge in [0.2, 0.25) is 0 Å². The Morgan fingerprint density at radius 2 is 2.26 bits per heavy atom. The van der Waals surface area contributed by atoms with Crippen LogP contribution in [0.2, 0.25) is 0 Å². The van der Waals surface area contributed by atoms with Crippen LogP contribution in [0.4, 0.5) is 4.39 Å². The normalized spacial score (nSPS) is 11.2. The number of H-pyrrole nitrogens is 1. The van der Waals surface area contributed by atoms with E-state index in [1.807, 2.05) is 6.07 Å². The molecular formula is C14H18FN3S. The van der Waals surface area contributed by atoms with Crippen LogP contribution in [0.3, 0.4) is 0 Å². The molecule has 102 valence electrons. The first-order valence-electron chi connectivity index (χ1n) is 6.31. The lowest BCUT2D eigenvalue weighted by molar-refractivity contribution is 0.548. The van der Waals surface area contributed by atoms with Gasteiger partial charge in [0.25, 0.3) is 0 Å². The smallest absolute Gasteiger partial charge is 0.170 e. The highest BCUT2D eigenvalue weighted by atomic mass is 32.2. The fourth-order valence-corrected chi connectivity index (χ4v) is 2.39. The molecule has 2 N–H and O–H groups in total. The minimum Gasteiger partial charge on any atom is -0.339 e. The number of hydrogen-bond donors (Lipinski definition) is 2. The monoisotopic (exact) mass is 279 g/mol. The van der Waals surface area contributed by atoms with Crippen molar-refractivity contribution >= 4 is 11.8 Å². The topological polar surface area (TPSA) is 40.7 Å². The molecule has 0 aliphatic heterocycles. The largest absolute Gasteiger partial charge is 0.339 e. The molecule has 0 saturated heterocycles. The SMILES string of the molecule is CC(C)CNCc1ccc(Sc2ncc[nH]2)c(F)c1. The van der Waals surface area contributed by atoms with E-state index in [2.05, 4.69) is 29.1 Å². The van der Waals surface area contributed by atoms with Gasteiger partial charge in [0, 0.05) is 18.9 Å². The molecule has 0 amide bonds. The summed E-state index contributed by atoms with van der Waals surface area (Å²) in [6.45, 7) is 5.93. The number of benzene rings is 1. The Kier molecular flexibility index (Phi) is 4.99. The summed E-state index contributed by atoms with van der Waals surface area (Å²) in [4.78, 5) is 7.61. The molecule has 0 aliphatic carbocycles. The molecule has 0 unspecified atom stereocenters. The van der Waals surface area contributed by atoms with E-state index in [4.69, 9.17) is 0 Å². The third-order valence-electron chi connectivity index (χ3n) is 2.56. The van der Waals surface area contributed by atoms with Crippen LogP contribution in [0.5, 0.6) is 0 Å². The molecule has 2 rings (SSSR count). The van der Waals surface area contributed by atoms with Crippen molar-refractivity contribution in [3.63, 3.8) is 0 Å². The number of hydrogen-bond acceptors (Lipinski definition) is 3. The summed E-state index contributed by atoms with van der Waals surface area (Å²) in [5.74, 6) is 0.392. The van der Waals surface area contributed by atoms with Crippen molar-refractivity contribution < 1.29 is 4.39 Å². The number of nitrogens with zero attached hydrogens (tertiary/aromatic N) is 1. The van der Waals surface area contributed by atoms with Crippen molar-refractivity contribution in [2.45, 2.75) is 30.4 Å².